The Morgan fingerprint density at radius 3 is 2.42 bits per heavy atom. The second kappa shape index (κ2) is 6.29. The minimum Gasteiger partial charge on any atom is -0.451 e. The van der Waals surface area contributed by atoms with Crippen molar-refractivity contribution >= 4 is 33.8 Å². The molecule has 0 aliphatic carbocycles. The fraction of sp³-hybridized carbons (Fsp3) is 0.0526. The predicted molar refractivity (Wildman–Crippen MR) is 95.4 cm³/mol. The highest BCUT2D eigenvalue weighted by Crippen LogP contribution is 2.24. The first-order chi connectivity index (χ1) is 12.6. The van der Waals surface area contributed by atoms with Crippen LogP contribution in [0, 0.1) is 6.92 Å². The molecule has 7 heteroatoms. The van der Waals surface area contributed by atoms with Crippen LogP contribution in [0.2, 0.25) is 0 Å². The number of furan rings is 1. The topological polar surface area (TPSA) is 97.1 Å². The van der Waals surface area contributed by atoms with Crippen molar-refractivity contribution in [3.63, 3.8) is 0 Å². The van der Waals surface area contributed by atoms with E-state index in [1.165, 1.54) is 6.20 Å². The number of carbonyl (C=O) groups is 2. The van der Waals surface area contributed by atoms with Crippen LogP contribution in [0.15, 0.2) is 59.1 Å². The molecule has 2 N–H and O–H groups in total. The van der Waals surface area contributed by atoms with E-state index in [1.807, 2.05) is 30.3 Å². The van der Waals surface area contributed by atoms with Gasteiger partial charge in [0.1, 0.15) is 11.3 Å². The van der Waals surface area contributed by atoms with Gasteiger partial charge < -0.3 is 4.42 Å². The Hall–Kier alpha value is -3.74. The maximum Gasteiger partial charge on any atom is 0.305 e. The molecule has 2 amide bonds. The molecule has 4 rings (SSSR count). The van der Waals surface area contributed by atoms with Gasteiger partial charge in [0.15, 0.2) is 5.76 Å². The zero-order valence-corrected chi connectivity index (χ0v) is 13.8. The lowest BCUT2D eigenvalue weighted by molar-refractivity contribution is 0.0829. The van der Waals surface area contributed by atoms with Crippen LogP contribution >= 0.6 is 0 Å². The molecule has 0 aliphatic rings. The van der Waals surface area contributed by atoms with Gasteiger partial charge >= 0.3 is 5.91 Å². The number of rotatable bonds is 2. The van der Waals surface area contributed by atoms with E-state index in [2.05, 4.69) is 20.8 Å². The molecule has 0 aliphatic heterocycles. The summed E-state index contributed by atoms with van der Waals surface area (Å²) in [5.74, 6) is -0.956. The Morgan fingerprint density at radius 1 is 0.923 bits per heavy atom. The molecule has 0 fully saturated rings. The molecule has 0 saturated carbocycles. The molecule has 0 unspecified atom stereocenters. The fourth-order valence-electron chi connectivity index (χ4n) is 2.69. The second-order valence-electron chi connectivity index (χ2n) is 5.70. The van der Waals surface area contributed by atoms with Gasteiger partial charge in [0.05, 0.1) is 17.2 Å². The highest BCUT2D eigenvalue weighted by atomic mass is 16.3. The average molecular weight is 346 g/mol. The van der Waals surface area contributed by atoms with Crippen molar-refractivity contribution in [2.45, 2.75) is 6.92 Å². The number of hydrogen-bond donors (Lipinski definition) is 2. The summed E-state index contributed by atoms with van der Waals surface area (Å²) in [6.45, 7) is 1.79. The van der Waals surface area contributed by atoms with Crippen molar-refractivity contribution in [3.8, 4) is 0 Å². The van der Waals surface area contributed by atoms with E-state index in [4.69, 9.17) is 4.42 Å². The summed E-state index contributed by atoms with van der Waals surface area (Å²) in [5, 5.41) is 0.851. The Kier molecular flexibility index (Phi) is 3.81. The van der Waals surface area contributed by atoms with Gasteiger partial charge in [0.25, 0.3) is 5.91 Å². The molecular weight excluding hydrogens is 332 g/mol. The number of hydrogen-bond acceptors (Lipinski definition) is 5. The maximum atomic E-state index is 12.3. The summed E-state index contributed by atoms with van der Waals surface area (Å²) >= 11 is 0. The standard InChI is InChI=1S/C19H14N4O3/c1-11-12-6-2-5-9-16(12)26-17(11)19(25)23-22-18(24)15-10-20-13-7-3-4-8-14(13)21-15/h2-10H,1H3,(H,22,24)(H,23,25). The summed E-state index contributed by atoms with van der Waals surface area (Å²) in [7, 11) is 0. The Labute approximate surface area is 148 Å². The van der Waals surface area contributed by atoms with E-state index < -0.39 is 11.8 Å². The summed E-state index contributed by atoms with van der Waals surface area (Å²) in [4.78, 5) is 33.0. The molecular formula is C19H14N4O3. The van der Waals surface area contributed by atoms with Crippen molar-refractivity contribution in [1.29, 1.82) is 0 Å². The van der Waals surface area contributed by atoms with Crippen molar-refractivity contribution in [2.24, 2.45) is 0 Å². The molecule has 2 heterocycles. The van der Waals surface area contributed by atoms with Gasteiger partial charge in [-0.1, -0.05) is 30.3 Å². The average Bonchev–Trinajstić information content (AvgIpc) is 3.02. The predicted octanol–water partition coefficient (Wildman–Crippen LogP) is 2.76. The number of aromatic nitrogens is 2. The Morgan fingerprint density at radius 2 is 1.62 bits per heavy atom. The minimum absolute atomic E-state index is 0.102. The van der Waals surface area contributed by atoms with Crippen LogP contribution in [0.1, 0.15) is 26.6 Å². The second-order valence-corrected chi connectivity index (χ2v) is 5.70. The molecule has 2 aromatic carbocycles. The summed E-state index contributed by atoms with van der Waals surface area (Å²) in [6.07, 6.45) is 1.36. The fourth-order valence-corrected chi connectivity index (χ4v) is 2.69. The van der Waals surface area contributed by atoms with E-state index >= 15 is 0 Å². The number of amides is 2. The Bertz CT molecular complexity index is 1150. The quantitative estimate of drug-likeness (QED) is 0.544. The summed E-state index contributed by atoms with van der Waals surface area (Å²) in [5.41, 5.74) is 7.38. The van der Waals surface area contributed by atoms with E-state index in [1.54, 1.807) is 25.1 Å². The van der Waals surface area contributed by atoms with Gasteiger partial charge in [-0.25, -0.2) is 4.98 Å². The third-order valence-electron chi connectivity index (χ3n) is 4.02. The number of hydrazine groups is 1. The largest absolute Gasteiger partial charge is 0.451 e. The van der Waals surface area contributed by atoms with Crippen LogP contribution < -0.4 is 10.9 Å². The van der Waals surface area contributed by atoms with E-state index in [9.17, 15) is 9.59 Å². The molecule has 4 aromatic rings. The third-order valence-corrected chi connectivity index (χ3v) is 4.02. The van der Waals surface area contributed by atoms with Crippen molar-refractivity contribution in [2.75, 3.05) is 0 Å². The highest BCUT2D eigenvalue weighted by molar-refractivity contribution is 6.01. The van der Waals surface area contributed by atoms with E-state index in [-0.39, 0.29) is 11.5 Å². The number of fused-ring (bicyclic) bond motifs is 2. The van der Waals surface area contributed by atoms with Crippen molar-refractivity contribution < 1.29 is 14.0 Å². The monoisotopic (exact) mass is 346 g/mol. The SMILES string of the molecule is Cc1c(C(=O)NNC(=O)c2cnc3ccccc3n2)oc2ccccc12. The van der Waals surface area contributed by atoms with Crippen LogP contribution in [0.3, 0.4) is 0 Å². The molecule has 7 nitrogen and oxygen atoms in total. The first-order valence-corrected chi connectivity index (χ1v) is 7.94. The molecule has 128 valence electrons. The van der Waals surface area contributed by atoms with Crippen LogP contribution in [0.4, 0.5) is 0 Å². The Balaban J connectivity index is 1.50. The molecule has 26 heavy (non-hydrogen) atoms. The summed E-state index contributed by atoms with van der Waals surface area (Å²) < 4.78 is 5.56. The van der Waals surface area contributed by atoms with Crippen LogP contribution in [0.25, 0.3) is 22.0 Å². The number of para-hydroxylation sites is 3. The van der Waals surface area contributed by atoms with Gasteiger partial charge in [-0.3, -0.25) is 25.4 Å². The van der Waals surface area contributed by atoms with Crippen molar-refractivity contribution in [3.05, 3.63) is 71.7 Å². The van der Waals surface area contributed by atoms with Crippen LogP contribution in [0.5, 0.6) is 0 Å². The van der Waals surface area contributed by atoms with Crippen LogP contribution in [-0.4, -0.2) is 21.8 Å². The van der Waals surface area contributed by atoms with Crippen LogP contribution in [-0.2, 0) is 0 Å². The van der Waals surface area contributed by atoms with Gasteiger partial charge in [-0.15, -0.1) is 0 Å². The van der Waals surface area contributed by atoms with E-state index in [0.29, 0.717) is 22.2 Å². The smallest absolute Gasteiger partial charge is 0.305 e. The molecule has 0 atom stereocenters. The zero-order chi connectivity index (χ0) is 18.1. The molecule has 0 spiro atoms. The lowest BCUT2D eigenvalue weighted by Crippen LogP contribution is -2.42. The lowest BCUT2D eigenvalue weighted by Gasteiger charge is -2.06. The molecule has 2 aromatic heterocycles. The number of nitrogens with one attached hydrogen (secondary N) is 2. The molecule has 0 bridgehead atoms. The van der Waals surface area contributed by atoms with Gasteiger partial charge in [0, 0.05) is 10.9 Å². The van der Waals surface area contributed by atoms with E-state index in [0.717, 1.165) is 5.39 Å². The highest BCUT2D eigenvalue weighted by Gasteiger charge is 2.18. The number of nitrogens with zero attached hydrogens (tertiary/aromatic N) is 2. The molecule has 0 radical (unpaired) electrons. The van der Waals surface area contributed by atoms with Gasteiger partial charge in [-0.2, -0.15) is 0 Å². The minimum atomic E-state index is -0.564. The van der Waals surface area contributed by atoms with Crippen molar-refractivity contribution in [1.82, 2.24) is 20.8 Å². The first-order valence-electron chi connectivity index (χ1n) is 7.94. The number of aryl methyl sites for hydroxylation is 1. The summed E-state index contributed by atoms with van der Waals surface area (Å²) in [6, 6.07) is 14.6. The number of benzene rings is 2. The maximum absolute atomic E-state index is 12.3. The van der Waals surface area contributed by atoms with Gasteiger partial charge in [0.2, 0.25) is 0 Å². The first kappa shape index (κ1) is 15.8. The zero-order valence-electron chi connectivity index (χ0n) is 13.8. The lowest BCUT2D eigenvalue weighted by atomic mass is 10.1. The number of carbonyl (C=O) groups excluding carboxylic acids is 2. The van der Waals surface area contributed by atoms with Gasteiger partial charge in [-0.05, 0) is 25.1 Å². The third kappa shape index (κ3) is 2.75. The molecule has 0 saturated heterocycles. The normalized spacial score (nSPS) is 10.8.